The number of nitrogens with zero attached hydrogens (tertiary/aromatic N) is 2. The number of rotatable bonds is 10. The van der Waals surface area contributed by atoms with Gasteiger partial charge in [0, 0.05) is 47.0 Å². The van der Waals surface area contributed by atoms with Crippen molar-refractivity contribution in [2.75, 3.05) is 19.8 Å². The Morgan fingerprint density at radius 3 is 2.44 bits per heavy atom. The molecule has 2 aromatic carbocycles. The lowest BCUT2D eigenvalue weighted by Crippen LogP contribution is -2.47. The number of ether oxygens (including phenoxy) is 1. The van der Waals surface area contributed by atoms with E-state index in [0.29, 0.717) is 43.0 Å². The number of non-ortho nitro benzene ring substituents is 1. The van der Waals surface area contributed by atoms with Gasteiger partial charge in [0.15, 0.2) is 5.72 Å². The maximum atomic E-state index is 13.6. The Hall–Kier alpha value is -3.00. The van der Waals surface area contributed by atoms with E-state index in [2.05, 4.69) is 6.08 Å². The second kappa shape index (κ2) is 10.5. The van der Waals surface area contributed by atoms with Gasteiger partial charge in [-0.3, -0.25) is 14.9 Å². The van der Waals surface area contributed by atoms with Crippen LogP contribution in [0.2, 0.25) is 5.02 Å². The number of nitro benzene ring substituents is 1. The van der Waals surface area contributed by atoms with Crippen molar-refractivity contribution in [2.24, 2.45) is 0 Å². The lowest BCUT2D eigenvalue weighted by molar-refractivity contribution is -0.384. The topological polar surface area (TPSA) is 92.9 Å². The Morgan fingerprint density at radius 1 is 1.06 bits per heavy atom. The fraction of sp³-hybridized carbons (Fsp3) is 0.346. The molecular formula is C26H27ClN2O5. The standard InChI is InChI=1S/C26H27ClN2O5/c27-21-11-9-20(10-12-21)26(34-18-4-3-17-30)24-6-2-1-5-23(24)25(31)28(26)16-15-19-7-13-22(14-8-19)29(32)33/h5-14,30H,1-4,15-18H2. The summed E-state index contributed by atoms with van der Waals surface area (Å²) in [5.41, 5.74) is 2.15. The number of amides is 1. The van der Waals surface area contributed by atoms with E-state index in [0.717, 1.165) is 29.5 Å². The largest absolute Gasteiger partial charge is 0.396 e. The molecule has 7 nitrogen and oxygen atoms in total. The summed E-state index contributed by atoms with van der Waals surface area (Å²) in [4.78, 5) is 25.9. The van der Waals surface area contributed by atoms with E-state index >= 15 is 0 Å². The maximum absolute atomic E-state index is 13.6. The van der Waals surface area contributed by atoms with Crippen molar-refractivity contribution in [1.29, 1.82) is 0 Å². The molecule has 1 saturated heterocycles. The number of aliphatic hydroxyl groups excluding tert-OH is 1. The molecule has 34 heavy (non-hydrogen) atoms. The lowest BCUT2D eigenvalue weighted by Gasteiger charge is -2.40. The maximum Gasteiger partial charge on any atom is 0.269 e. The SMILES string of the molecule is O=C1C2=CCCC=C2C(OCCCCO)(c2ccc(Cl)cc2)N1CCc1ccc([N+](=O)[O-])cc1. The molecule has 8 heteroatoms. The highest BCUT2D eigenvalue weighted by molar-refractivity contribution is 6.30. The number of carbonyl (C=O) groups is 1. The minimum atomic E-state index is -1.09. The van der Waals surface area contributed by atoms with Gasteiger partial charge in [-0.15, -0.1) is 0 Å². The molecular weight excluding hydrogens is 456 g/mol. The lowest BCUT2D eigenvalue weighted by atomic mass is 9.88. The van der Waals surface area contributed by atoms with Gasteiger partial charge >= 0.3 is 0 Å². The summed E-state index contributed by atoms with van der Waals surface area (Å²) in [6.07, 6.45) is 7.45. The third kappa shape index (κ3) is 4.64. The van der Waals surface area contributed by atoms with Crippen LogP contribution >= 0.6 is 11.6 Å². The second-order valence-corrected chi connectivity index (χ2v) is 8.81. The highest BCUT2D eigenvalue weighted by Crippen LogP contribution is 2.49. The van der Waals surface area contributed by atoms with Crippen LogP contribution in [0.25, 0.3) is 0 Å². The molecule has 0 radical (unpaired) electrons. The second-order valence-electron chi connectivity index (χ2n) is 8.37. The number of likely N-dealkylation sites (tertiary alicyclic amines) is 1. The van der Waals surface area contributed by atoms with Gasteiger partial charge in [0.1, 0.15) is 0 Å². The molecule has 0 bridgehead atoms. The Labute approximate surface area is 203 Å². The van der Waals surface area contributed by atoms with E-state index in [4.69, 9.17) is 16.3 Å². The molecule has 1 heterocycles. The number of benzene rings is 2. The van der Waals surface area contributed by atoms with E-state index in [-0.39, 0.29) is 18.2 Å². The summed E-state index contributed by atoms with van der Waals surface area (Å²) in [5.74, 6) is -0.0926. The number of aliphatic hydroxyl groups is 1. The number of halogens is 1. The zero-order valence-corrected chi connectivity index (χ0v) is 19.5. The first-order valence-corrected chi connectivity index (χ1v) is 11.8. The van der Waals surface area contributed by atoms with Crippen LogP contribution in [0.5, 0.6) is 0 Å². The van der Waals surface area contributed by atoms with Crippen LogP contribution in [-0.4, -0.2) is 40.6 Å². The van der Waals surface area contributed by atoms with Gasteiger partial charge in [-0.1, -0.05) is 48.0 Å². The first-order valence-electron chi connectivity index (χ1n) is 11.4. The van der Waals surface area contributed by atoms with Crippen LogP contribution in [0, 0.1) is 10.1 Å². The first-order chi connectivity index (χ1) is 16.5. The first kappa shape index (κ1) is 24.1. The average Bonchev–Trinajstić information content (AvgIpc) is 3.09. The van der Waals surface area contributed by atoms with Crippen LogP contribution in [0.4, 0.5) is 5.69 Å². The highest BCUT2D eigenvalue weighted by atomic mass is 35.5. The number of allylic oxidation sites excluding steroid dienone is 2. The predicted octanol–water partition coefficient (Wildman–Crippen LogP) is 4.92. The molecule has 0 saturated carbocycles. The molecule has 1 aliphatic heterocycles. The van der Waals surface area contributed by atoms with Gasteiger partial charge in [-0.2, -0.15) is 0 Å². The number of hydrogen-bond acceptors (Lipinski definition) is 5. The Kier molecular flexibility index (Phi) is 7.46. The fourth-order valence-electron chi connectivity index (χ4n) is 4.58. The zero-order chi connectivity index (χ0) is 24.1. The zero-order valence-electron chi connectivity index (χ0n) is 18.8. The van der Waals surface area contributed by atoms with Crippen LogP contribution in [0.1, 0.15) is 36.8 Å². The molecule has 2 aromatic rings. The fourth-order valence-corrected chi connectivity index (χ4v) is 4.70. The monoisotopic (exact) mass is 482 g/mol. The molecule has 0 spiro atoms. The molecule has 1 aliphatic carbocycles. The smallest absolute Gasteiger partial charge is 0.269 e. The summed E-state index contributed by atoms with van der Waals surface area (Å²) < 4.78 is 6.56. The Morgan fingerprint density at radius 2 is 1.76 bits per heavy atom. The molecule has 1 atom stereocenters. The molecule has 1 unspecified atom stereocenters. The molecule has 4 rings (SSSR count). The van der Waals surface area contributed by atoms with Crippen molar-refractivity contribution in [3.8, 4) is 0 Å². The number of unbranched alkanes of at least 4 members (excludes halogenated alkanes) is 1. The van der Waals surface area contributed by atoms with E-state index < -0.39 is 10.6 Å². The average molecular weight is 483 g/mol. The van der Waals surface area contributed by atoms with Crippen LogP contribution < -0.4 is 0 Å². The predicted molar refractivity (Wildman–Crippen MR) is 129 cm³/mol. The van der Waals surface area contributed by atoms with E-state index in [9.17, 15) is 20.0 Å². The van der Waals surface area contributed by atoms with Crippen molar-refractivity contribution < 1.29 is 19.6 Å². The summed E-state index contributed by atoms with van der Waals surface area (Å²) in [5, 5.41) is 20.8. The summed E-state index contributed by atoms with van der Waals surface area (Å²) in [6.45, 7) is 0.816. The summed E-state index contributed by atoms with van der Waals surface area (Å²) >= 11 is 6.16. The Bertz CT molecular complexity index is 1110. The van der Waals surface area contributed by atoms with Crippen LogP contribution in [-0.2, 0) is 21.7 Å². The van der Waals surface area contributed by atoms with Gasteiger partial charge in [-0.05, 0) is 49.8 Å². The van der Waals surface area contributed by atoms with E-state index in [1.54, 1.807) is 29.2 Å². The van der Waals surface area contributed by atoms with Crippen molar-refractivity contribution in [3.05, 3.63) is 98.1 Å². The minimum absolute atomic E-state index is 0.0325. The number of carbonyl (C=O) groups excluding carboxylic acids is 1. The van der Waals surface area contributed by atoms with Gasteiger partial charge in [0.2, 0.25) is 0 Å². The van der Waals surface area contributed by atoms with Crippen molar-refractivity contribution in [2.45, 2.75) is 37.8 Å². The number of fused-ring (bicyclic) bond motifs is 1. The molecule has 1 N–H and O–H groups in total. The Balaban J connectivity index is 1.71. The molecule has 2 aliphatic rings. The van der Waals surface area contributed by atoms with Gasteiger partial charge < -0.3 is 14.7 Å². The normalized spacial score (nSPS) is 19.6. The van der Waals surface area contributed by atoms with E-state index in [1.165, 1.54) is 12.1 Å². The van der Waals surface area contributed by atoms with Crippen LogP contribution in [0.15, 0.2) is 71.8 Å². The molecule has 1 fully saturated rings. The van der Waals surface area contributed by atoms with Crippen molar-refractivity contribution in [1.82, 2.24) is 4.90 Å². The number of hydrogen-bond donors (Lipinski definition) is 1. The molecule has 0 aromatic heterocycles. The van der Waals surface area contributed by atoms with Crippen LogP contribution in [0.3, 0.4) is 0 Å². The highest BCUT2D eigenvalue weighted by Gasteiger charge is 2.54. The quantitative estimate of drug-likeness (QED) is 0.294. The molecule has 178 valence electrons. The van der Waals surface area contributed by atoms with Gasteiger partial charge in [0.25, 0.3) is 11.6 Å². The van der Waals surface area contributed by atoms with Gasteiger partial charge in [-0.25, -0.2) is 0 Å². The number of nitro groups is 1. The summed E-state index contributed by atoms with van der Waals surface area (Å²) in [6, 6.07) is 13.7. The van der Waals surface area contributed by atoms with Gasteiger partial charge in [0.05, 0.1) is 11.5 Å². The van der Waals surface area contributed by atoms with Crippen molar-refractivity contribution in [3.63, 3.8) is 0 Å². The minimum Gasteiger partial charge on any atom is -0.396 e. The van der Waals surface area contributed by atoms with E-state index in [1.807, 2.05) is 18.2 Å². The third-order valence-electron chi connectivity index (χ3n) is 6.24. The van der Waals surface area contributed by atoms with Crippen molar-refractivity contribution >= 4 is 23.2 Å². The third-order valence-corrected chi connectivity index (χ3v) is 6.50. The summed E-state index contributed by atoms with van der Waals surface area (Å²) in [7, 11) is 0. The molecule has 1 amide bonds.